The molecule has 142 valence electrons. The fraction of sp³-hybridized carbons (Fsp3) is 0.190. The Morgan fingerprint density at radius 3 is 2.82 bits per heavy atom. The van der Waals surface area contributed by atoms with E-state index in [1.54, 1.807) is 27.5 Å². The van der Waals surface area contributed by atoms with Crippen molar-refractivity contribution in [3.05, 3.63) is 80.5 Å². The number of aryl methyl sites for hydroxylation is 2. The number of carbonyl (C=O) groups is 1. The number of amides is 1. The van der Waals surface area contributed by atoms with Crippen molar-refractivity contribution in [2.45, 2.75) is 20.4 Å². The van der Waals surface area contributed by atoms with Crippen LogP contribution in [0, 0.1) is 13.8 Å². The number of rotatable bonds is 5. The van der Waals surface area contributed by atoms with Gasteiger partial charge in [-0.3, -0.25) is 9.59 Å². The second kappa shape index (κ2) is 7.44. The van der Waals surface area contributed by atoms with E-state index in [9.17, 15) is 9.59 Å². The van der Waals surface area contributed by atoms with E-state index in [0.717, 1.165) is 22.4 Å². The molecule has 1 N–H and O–H groups in total. The van der Waals surface area contributed by atoms with E-state index in [1.807, 2.05) is 31.4 Å². The van der Waals surface area contributed by atoms with Gasteiger partial charge in [-0.15, -0.1) is 11.3 Å². The minimum absolute atomic E-state index is 0.120. The van der Waals surface area contributed by atoms with Crippen LogP contribution in [-0.4, -0.2) is 26.6 Å². The number of benzene rings is 1. The summed E-state index contributed by atoms with van der Waals surface area (Å²) in [5.41, 5.74) is 4.46. The largest absolute Gasteiger partial charge is 0.350 e. The van der Waals surface area contributed by atoms with Crippen LogP contribution >= 0.6 is 11.3 Å². The summed E-state index contributed by atoms with van der Waals surface area (Å²) in [6.45, 7) is 4.85. The van der Waals surface area contributed by atoms with Gasteiger partial charge in [-0.05, 0) is 43.0 Å². The van der Waals surface area contributed by atoms with Gasteiger partial charge in [-0.1, -0.05) is 23.8 Å². The molecule has 3 heterocycles. The number of nitrogens with one attached hydrogen (secondary N) is 1. The molecule has 0 atom stereocenters. The lowest BCUT2D eigenvalue weighted by atomic mass is 10.0. The van der Waals surface area contributed by atoms with Crippen LogP contribution in [0.3, 0.4) is 0 Å². The number of fused-ring (bicyclic) bond motifs is 1. The van der Waals surface area contributed by atoms with Gasteiger partial charge >= 0.3 is 0 Å². The topological polar surface area (TPSA) is 68.4 Å². The van der Waals surface area contributed by atoms with E-state index < -0.39 is 0 Å². The standard InChI is InChI=1S/C21H20N4O2S/c1-14-5-6-15(2)16(12-14)17-13-18-21(27)24(9-10-25(18)23-17)8-7-22-20(26)19-4-3-11-28-19/h3-6,9-13H,7-8H2,1-2H3,(H,22,26). The molecule has 0 aliphatic carbocycles. The molecule has 0 unspecified atom stereocenters. The van der Waals surface area contributed by atoms with Crippen LogP contribution in [0.5, 0.6) is 0 Å². The van der Waals surface area contributed by atoms with Crippen LogP contribution in [0.25, 0.3) is 16.8 Å². The SMILES string of the molecule is Cc1ccc(C)c(-c2cc3c(=O)n(CCNC(=O)c4cccs4)ccn3n2)c1. The van der Waals surface area contributed by atoms with Crippen molar-refractivity contribution < 1.29 is 4.79 Å². The third kappa shape index (κ3) is 3.48. The Bertz CT molecular complexity index is 1210. The zero-order chi connectivity index (χ0) is 19.7. The first kappa shape index (κ1) is 18.2. The van der Waals surface area contributed by atoms with Crippen LogP contribution in [-0.2, 0) is 6.54 Å². The van der Waals surface area contributed by atoms with Crippen molar-refractivity contribution in [2.75, 3.05) is 6.54 Å². The van der Waals surface area contributed by atoms with Crippen LogP contribution in [0.15, 0.2) is 59.0 Å². The van der Waals surface area contributed by atoms with Gasteiger partial charge in [0.1, 0.15) is 5.52 Å². The lowest BCUT2D eigenvalue weighted by Crippen LogP contribution is -2.30. The molecule has 0 radical (unpaired) electrons. The molecule has 4 aromatic rings. The normalized spacial score (nSPS) is 11.1. The molecule has 28 heavy (non-hydrogen) atoms. The van der Waals surface area contributed by atoms with Crippen LogP contribution < -0.4 is 10.9 Å². The summed E-state index contributed by atoms with van der Waals surface area (Å²) in [6.07, 6.45) is 3.47. The Hall–Kier alpha value is -3.19. The maximum atomic E-state index is 12.8. The molecule has 1 amide bonds. The predicted molar refractivity (Wildman–Crippen MR) is 111 cm³/mol. The second-order valence-corrected chi connectivity index (χ2v) is 7.66. The zero-order valence-electron chi connectivity index (χ0n) is 15.7. The summed E-state index contributed by atoms with van der Waals surface area (Å²) < 4.78 is 3.21. The Kier molecular flexibility index (Phi) is 4.83. The fourth-order valence-electron chi connectivity index (χ4n) is 3.13. The summed E-state index contributed by atoms with van der Waals surface area (Å²) in [5.74, 6) is -0.120. The molecule has 1 aromatic carbocycles. The molecule has 4 rings (SSSR count). The van der Waals surface area contributed by atoms with E-state index >= 15 is 0 Å². The number of thiophene rings is 1. The molecule has 0 bridgehead atoms. The Balaban J connectivity index is 1.56. The highest BCUT2D eigenvalue weighted by molar-refractivity contribution is 7.12. The van der Waals surface area contributed by atoms with Gasteiger partial charge in [0.15, 0.2) is 0 Å². The van der Waals surface area contributed by atoms with Crippen LogP contribution in [0.4, 0.5) is 0 Å². The highest BCUT2D eigenvalue weighted by atomic mass is 32.1. The minimum Gasteiger partial charge on any atom is -0.350 e. The second-order valence-electron chi connectivity index (χ2n) is 6.71. The first-order valence-corrected chi connectivity index (χ1v) is 9.89. The third-order valence-electron chi connectivity index (χ3n) is 4.66. The summed E-state index contributed by atoms with van der Waals surface area (Å²) in [4.78, 5) is 25.5. The van der Waals surface area contributed by atoms with E-state index in [0.29, 0.717) is 23.5 Å². The van der Waals surface area contributed by atoms with Gasteiger partial charge in [0.25, 0.3) is 11.5 Å². The molecule has 6 nitrogen and oxygen atoms in total. The maximum Gasteiger partial charge on any atom is 0.276 e. The van der Waals surface area contributed by atoms with Gasteiger partial charge in [0.05, 0.1) is 10.6 Å². The average molecular weight is 392 g/mol. The van der Waals surface area contributed by atoms with Gasteiger partial charge in [-0.25, -0.2) is 4.52 Å². The van der Waals surface area contributed by atoms with Gasteiger partial charge in [0, 0.05) is 31.0 Å². The van der Waals surface area contributed by atoms with Gasteiger partial charge in [0.2, 0.25) is 0 Å². The molecular formula is C21H20N4O2S. The predicted octanol–water partition coefficient (Wildman–Crippen LogP) is 3.27. The van der Waals surface area contributed by atoms with E-state index in [4.69, 9.17) is 0 Å². The number of carbonyl (C=O) groups excluding carboxylic acids is 1. The molecule has 7 heteroatoms. The zero-order valence-corrected chi connectivity index (χ0v) is 16.5. The number of aromatic nitrogens is 3. The molecule has 0 saturated carbocycles. The summed E-state index contributed by atoms with van der Waals surface area (Å²) in [5, 5.41) is 9.27. The van der Waals surface area contributed by atoms with Crippen LogP contribution in [0.2, 0.25) is 0 Å². The highest BCUT2D eigenvalue weighted by Crippen LogP contribution is 2.23. The van der Waals surface area contributed by atoms with Crippen molar-refractivity contribution in [1.29, 1.82) is 0 Å². The van der Waals surface area contributed by atoms with E-state index in [-0.39, 0.29) is 11.5 Å². The van der Waals surface area contributed by atoms with Crippen molar-refractivity contribution in [1.82, 2.24) is 19.5 Å². The van der Waals surface area contributed by atoms with E-state index in [2.05, 4.69) is 28.6 Å². The smallest absolute Gasteiger partial charge is 0.276 e. The summed E-state index contributed by atoms with van der Waals surface area (Å²) in [7, 11) is 0. The first-order chi connectivity index (χ1) is 13.5. The average Bonchev–Trinajstić information content (AvgIpc) is 3.35. The molecule has 0 saturated heterocycles. The molecule has 0 aliphatic rings. The van der Waals surface area contributed by atoms with Crippen molar-refractivity contribution in [3.63, 3.8) is 0 Å². The first-order valence-electron chi connectivity index (χ1n) is 9.01. The molecular weight excluding hydrogens is 372 g/mol. The fourth-order valence-corrected chi connectivity index (χ4v) is 3.77. The number of hydrogen-bond acceptors (Lipinski definition) is 4. The van der Waals surface area contributed by atoms with Crippen molar-refractivity contribution in [3.8, 4) is 11.3 Å². The van der Waals surface area contributed by atoms with Crippen molar-refractivity contribution >= 4 is 22.8 Å². The highest BCUT2D eigenvalue weighted by Gasteiger charge is 2.12. The van der Waals surface area contributed by atoms with Crippen LogP contribution in [0.1, 0.15) is 20.8 Å². The van der Waals surface area contributed by atoms with Gasteiger partial charge in [-0.2, -0.15) is 5.10 Å². The molecule has 3 aromatic heterocycles. The third-order valence-corrected chi connectivity index (χ3v) is 5.52. The monoisotopic (exact) mass is 392 g/mol. The lowest BCUT2D eigenvalue weighted by Gasteiger charge is -2.07. The molecule has 0 fully saturated rings. The Labute approximate surface area is 166 Å². The minimum atomic E-state index is -0.128. The molecule has 0 spiro atoms. The number of hydrogen-bond donors (Lipinski definition) is 1. The number of nitrogens with zero attached hydrogens (tertiary/aromatic N) is 3. The Morgan fingerprint density at radius 1 is 1.18 bits per heavy atom. The summed E-state index contributed by atoms with van der Waals surface area (Å²) >= 11 is 1.39. The lowest BCUT2D eigenvalue weighted by molar-refractivity contribution is 0.0956. The summed E-state index contributed by atoms with van der Waals surface area (Å²) in [6, 6.07) is 11.6. The van der Waals surface area contributed by atoms with E-state index in [1.165, 1.54) is 11.3 Å². The quantitative estimate of drug-likeness (QED) is 0.567. The van der Waals surface area contributed by atoms with Gasteiger partial charge < -0.3 is 9.88 Å². The molecule has 0 aliphatic heterocycles. The Morgan fingerprint density at radius 2 is 2.04 bits per heavy atom. The maximum absolute atomic E-state index is 12.8. The van der Waals surface area contributed by atoms with Crippen molar-refractivity contribution in [2.24, 2.45) is 0 Å².